The predicted octanol–water partition coefficient (Wildman–Crippen LogP) is 2.22. The largest absolute Gasteiger partial charge is 0.443 e. The first-order chi connectivity index (χ1) is 7.88. The van der Waals surface area contributed by atoms with Crippen molar-refractivity contribution in [2.45, 2.75) is 26.4 Å². The lowest BCUT2D eigenvalue weighted by molar-refractivity contribution is 0.0544. The molecule has 0 aliphatic carbocycles. The molecular formula is C13H14NO2Si. The van der Waals surface area contributed by atoms with Gasteiger partial charge in [0.15, 0.2) is 0 Å². The van der Waals surface area contributed by atoms with E-state index in [0.717, 1.165) is 16.1 Å². The summed E-state index contributed by atoms with van der Waals surface area (Å²) in [5, 5.41) is 1.88. The van der Waals surface area contributed by atoms with E-state index in [1.165, 1.54) is 4.57 Å². The minimum atomic E-state index is -0.492. The smallest absolute Gasteiger partial charge is 0.418 e. The minimum Gasteiger partial charge on any atom is -0.443 e. The third-order valence-electron chi connectivity index (χ3n) is 2.30. The van der Waals surface area contributed by atoms with Gasteiger partial charge in [0.1, 0.15) is 5.60 Å². The Morgan fingerprint density at radius 2 is 1.94 bits per heavy atom. The maximum atomic E-state index is 12.0. The van der Waals surface area contributed by atoms with E-state index < -0.39 is 5.60 Å². The van der Waals surface area contributed by atoms with Crippen LogP contribution >= 0.6 is 0 Å². The van der Waals surface area contributed by atoms with Crippen LogP contribution in [0.1, 0.15) is 20.8 Å². The molecule has 3 radical (unpaired) electrons. The van der Waals surface area contributed by atoms with E-state index >= 15 is 0 Å². The van der Waals surface area contributed by atoms with E-state index in [2.05, 4.69) is 10.2 Å². The summed E-state index contributed by atoms with van der Waals surface area (Å²) < 4.78 is 6.86. The predicted molar refractivity (Wildman–Crippen MR) is 69.0 cm³/mol. The van der Waals surface area contributed by atoms with Crippen LogP contribution < -0.4 is 5.19 Å². The summed E-state index contributed by atoms with van der Waals surface area (Å²) in [5.41, 5.74) is 0.348. The fraction of sp³-hybridized carbons (Fsp3) is 0.308. The molecule has 0 N–H and O–H groups in total. The highest BCUT2D eigenvalue weighted by Crippen LogP contribution is 2.15. The molecule has 17 heavy (non-hydrogen) atoms. The average molecular weight is 244 g/mol. The van der Waals surface area contributed by atoms with Gasteiger partial charge in [0.2, 0.25) is 0 Å². The normalized spacial score (nSPS) is 11.8. The number of aromatic nitrogens is 1. The van der Waals surface area contributed by atoms with Crippen LogP contribution in [0.5, 0.6) is 0 Å². The van der Waals surface area contributed by atoms with Crippen molar-refractivity contribution in [1.82, 2.24) is 4.57 Å². The number of ether oxygens (including phenoxy) is 1. The number of nitrogens with zero attached hydrogens (tertiary/aromatic N) is 1. The first-order valence-electron chi connectivity index (χ1n) is 5.43. The zero-order chi connectivity index (χ0) is 12.6. The highest BCUT2D eigenvalue weighted by molar-refractivity contribution is 6.39. The number of carbonyl (C=O) groups excluding carboxylic acids is 1. The van der Waals surface area contributed by atoms with E-state index in [9.17, 15) is 4.79 Å². The SMILES string of the molecule is CC(C)(C)OC(=O)n1cc([Si])c2ccccc21. The molecule has 0 atom stereocenters. The Balaban J connectivity index is 2.46. The van der Waals surface area contributed by atoms with Crippen molar-refractivity contribution < 1.29 is 9.53 Å². The van der Waals surface area contributed by atoms with Crippen molar-refractivity contribution in [2.24, 2.45) is 0 Å². The quantitative estimate of drug-likeness (QED) is 0.665. The van der Waals surface area contributed by atoms with Crippen molar-refractivity contribution in [3.8, 4) is 0 Å². The number of hydrogen-bond donors (Lipinski definition) is 0. The molecule has 0 amide bonds. The van der Waals surface area contributed by atoms with Gasteiger partial charge in [-0.25, -0.2) is 4.79 Å². The van der Waals surface area contributed by atoms with Crippen molar-refractivity contribution in [2.75, 3.05) is 0 Å². The molecule has 0 saturated heterocycles. The van der Waals surface area contributed by atoms with Crippen LogP contribution in [0.2, 0.25) is 0 Å². The maximum Gasteiger partial charge on any atom is 0.418 e. The zero-order valence-corrected chi connectivity index (χ0v) is 11.2. The van der Waals surface area contributed by atoms with Crippen LogP contribution in [-0.2, 0) is 4.74 Å². The summed E-state index contributed by atoms with van der Waals surface area (Å²) in [5.74, 6) is 0. The van der Waals surface area contributed by atoms with Gasteiger partial charge in [-0.1, -0.05) is 18.2 Å². The van der Waals surface area contributed by atoms with Crippen LogP contribution in [0.15, 0.2) is 30.5 Å². The van der Waals surface area contributed by atoms with Crippen molar-refractivity contribution in [3.05, 3.63) is 30.5 Å². The van der Waals surface area contributed by atoms with Crippen LogP contribution in [0.3, 0.4) is 0 Å². The number of hydrogen-bond acceptors (Lipinski definition) is 2. The van der Waals surface area contributed by atoms with Crippen molar-refractivity contribution in [1.29, 1.82) is 0 Å². The van der Waals surface area contributed by atoms with Gasteiger partial charge < -0.3 is 4.74 Å². The Kier molecular flexibility index (Phi) is 2.83. The van der Waals surface area contributed by atoms with Gasteiger partial charge in [-0.2, -0.15) is 0 Å². The van der Waals surface area contributed by atoms with Crippen LogP contribution in [0, 0.1) is 0 Å². The molecule has 2 rings (SSSR count). The van der Waals surface area contributed by atoms with E-state index in [-0.39, 0.29) is 6.09 Å². The maximum absolute atomic E-state index is 12.0. The summed E-state index contributed by atoms with van der Waals surface area (Å²) in [6.45, 7) is 5.56. The molecule has 3 nitrogen and oxygen atoms in total. The van der Waals surface area contributed by atoms with Crippen molar-refractivity contribution in [3.63, 3.8) is 0 Å². The second-order valence-electron chi connectivity index (χ2n) is 4.91. The van der Waals surface area contributed by atoms with E-state index in [0.29, 0.717) is 0 Å². The molecule has 1 heterocycles. The highest BCUT2D eigenvalue weighted by atomic mass is 28.1. The molecule has 0 bridgehead atoms. The molecule has 1 aromatic carbocycles. The van der Waals surface area contributed by atoms with E-state index in [1.54, 1.807) is 6.20 Å². The van der Waals surface area contributed by atoms with Crippen LogP contribution in [0.4, 0.5) is 4.79 Å². The molecule has 0 spiro atoms. The third-order valence-corrected chi connectivity index (χ3v) is 2.70. The standard InChI is InChI=1S/C13H14NO2Si/c1-13(2,3)16-12(15)14-8-11(17)9-6-4-5-7-10(9)14/h4-8H,1-3H3. The minimum absolute atomic E-state index is 0.363. The lowest BCUT2D eigenvalue weighted by atomic mass is 10.2. The Morgan fingerprint density at radius 3 is 2.59 bits per heavy atom. The monoisotopic (exact) mass is 244 g/mol. The number of fused-ring (bicyclic) bond motifs is 1. The first kappa shape index (κ1) is 11.9. The topological polar surface area (TPSA) is 31.2 Å². The summed E-state index contributed by atoms with van der Waals surface area (Å²) in [7, 11) is 3.49. The number of para-hydroxylation sites is 1. The molecule has 0 saturated carbocycles. The van der Waals surface area contributed by atoms with Gasteiger partial charge in [0, 0.05) is 6.20 Å². The first-order valence-corrected chi connectivity index (χ1v) is 5.93. The number of benzene rings is 1. The van der Waals surface area contributed by atoms with Gasteiger partial charge in [-0.05, 0) is 37.4 Å². The lowest BCUT2D eigenvalue weighted by Gasteiger charge is -2.19. The Hall–Kier alpha value is -1.55. The molecule has 0 fully saturated rings. The van der Waals surface area contributed by atoms with E-state index in [1.807, 2.05) is 45.0 Å². The molecule has 0 aliphatic heterocycles. The highest BCUT2D eigenvalue weighted by Gasteiger charge is 2.19. The van der Waals surface area contributed by atoms with Gasteiger partial charge >= 0.3 is 6.09 Å². The van der Waals surface area contributed by atoms with Gasteiger partial charge in [0.05, 0.1) is 15.8 Å². The molecular weight excluding hydrogens is 230 g/mol. The Labute approximate surface area is 104 Å². The van der Waals surface area contributed by atoms with E-state index in [4.69, 9.17) is 4.74 Å². The van der Waals surface area contributed by atoms with Crippen LogP contribution in [-0.4, -0.2) is 26.5 Å². The number of rotatable bonds is 0. The molecule has 0 unspecified atom stereocenters. The average Bonchev–Trinajstić information content (AvgIpc) is 2.55. The fourth-order valence-corrected chi connectivity index (χ4v) is 1.98. The summed E-state index contributed by atoms with van der Waals surface area (Å²) >= 11 is 0. The Morgan fingerprint density at radius 1 is 1.29 bits per heavy atom. The fourth-order valence-electron chi connectivity index (χ4n) is 1.64. The van der Waals surface area contributed by atoms with Gasteiger partial charge in [0.25, 0.3) is 0 Å². The van der Waals surface area contributed by atoms with Gasteiger partial charge in [-0.15, -0.1) is 0 Å². The molecule has 1 aromatic heterocycles. The molecule has 4 heteroatoms. The summed E-state index contributed by atoms with van der Waals surface area (Å²) in [6.07, 6.45) is 1.37. The second kappa shape index (κ2) is 4.03. The molecule has 0 aliphatic rings. The summed E-state index contributed by atoms with van der Waals surface area (Å²) in [6, 6.07) is 7.68. The van der Waals surface area contributed by atoms with Crippen molar-refractivity contribution >= 4 is 32.4 Å². The zero-order valence-electron chi connectivity index (χ0n) is 10.2. The van der Waals surface area contributed by atoms with Crippen LogP contribution in [0.25, 0.3) is 10.9 Å². The summed E-state index contributed by atoms with van der Waals surface area (Å²) in [4.78, 5) is 12.0. The second-order valence-corrected chi connectivity index (χ2v) is 5.45. The molecule has 2 aromatic rings. The third kappa shape index (κ3) is 2.41. The van der Waals surface area contributed by atoms with Gasteiger partial charge in [-0.3, -0.25) is 4.57 Å². The Bertz CT molecular complexity index is 566. The lowest BCUT2D eigenvalue weighted by Crippen LogP contribution is -2.26. The number of carbonyl (C=O) groups is 1. The molecule has 87 valence electrons.